The summed E-state index contributed by atoms with van der Waals surface area (Å²) in [6.07, 6.45) is 0. The molecule has 0 amide bonds. The summed E-state index contributed by atoms with van der Waals surface area (Å²) >= 11 is 3.45. The molecule has 0 saturated heterocycles. The van der Waals surface area contributed by atoms with Crippen molar-refractivity contribution in [2.45, 2.75) is 6.54 Å². The molecule has 8 heteroatoms. The monoisotopic (exact) mass is 375 g/mol. The highest BCUT2D eigenvalue weighted by Crippen LogP contribution is 2.23. The number of guanidine groups is 1. The molecule has 3 rings (SSSR count). The van der Waals surface area contributed by atoms with E-state index in [0.29, 0.717) is 19.2 Å². The Balaban J connectivity index is 1.72. The van der Waals surface area contributed by atoms with Crippen LogP contribution in [-0.2, 0) is 6.54 Å². The van der Waals surface area contributed by atoms with Gasteiger partial charge >= 0.3 is 0 Å². The predicted molar refractivity (Wildman–Crippen MR) is 91.7 cm³/mol. The van der Waals surface area contributed by atoms with E-state index in [2.05, 4.69) is 21.0 Å². The van der Waals surface area contributed by atoms with Crippen LogP contribution in [0.5, 0.6) is 0 Å². The average molecular weight is 376 g/mol. The van der Waals surface area contributed by atoms with Gasteiger partial charge in [0.1, 0.15) is 6.67 Å². The third-order valence-electron chi connectivity index (χ3n) is 3.47. The molecule has 23 heavy (non-hydrogen) atoms. The number of hydrogen-bond acceptors (Lipinski definition) is 6. The van der Waals surface area contributed by atoms with E-state index < -0.39 is 4.92 Å². The lowest BCUT2D eigenvalue weighted by atomic mass is 10.2. The fraction of sp³-hybridized carbons (Fsp3) is 0.133. The first-order chi connectivity index (χ1) is 11.0. The Morgan fingerprint density at radius 3 is 2.65 bits per heavy atom. The second-order valence-electron chi connectivity index (χ2n) is 5.10. The molecule has 2 aromatic rings. The molecule has 0 fully saturated rings. The molecule has 2 N–H and O–H groups in total. The maximum Gasteiger partial charge on any atom is 0.269 e. The van der Waals surface area contributed by atoms with E-state index in [-0.39, 0.29) is 5.69 Å². The zero-order chi connectivity index (χ0) is 16.4. The Hall–Kier alpha value is -2.61. The Kier molecular flexibility index (Phi) is 4.16. The molecule has 7 nitrogen and oxygen atoms in total. The number of hydrogen-bond donors (Lipinski definition) is 1. The molecule has 0 aromatic heterocycles. The van der Waals surface area contributed by atoms with Crippen LogP contribution in [0.4, 0.5) is 11.4 Å². The maximum atomic E-state index is 10.7. The summed E-state index contributed by atoms with van der Waals surface area (Å²) in [6.45, 7) is 1.13. The zero-order valence-electron chi connectivity index (χ0n) is 12.1. The number of nitrogens with two attached hydrogens (primary N) is 1. The smallest absolute Gasteiger partial charge is 0.269 e. The summed E-state index contributed by atoms with van der Waals surface area (Å²) in [5.41, 5.74) is 7.91. The van der Waals surface area contributed by atoms with Crippen molar-refractivity contribution in [2.75, 3.05) is 11.7 Å². The summed E-state index contributed by atoms with van der Waals surface area (Å²) < 4.78 is 1.01. The minimum Gasteiger partial charge on any atom is -0.368 e. The third kappa shape index (κ3) is 3.42. The molecule has 0 radical (unpaired) electrons. The minimum absolute atomic E-state index is 0.0518. The Morgan fingerprint density at radius 2 is 2.00 bits per heavy atom. The second-order valence-corrected chi connectivity index (χ2v) is 6.02. The molecule has 0 unspecified atom stereocenters. The lowest BCUT2D eigenvalue weighted by Gasteiger charge is -2.20. The highest BCUT2D eigenvalue weighted by Gasteiger charge is 2.22. The van der Waals surface area contributed by atoms with Crippen molar-refractivity contribution in [1.82, 2.24) is 4.90 Å². The fourth-order valence-electron chi connectivity index (χ4n) is 2.33. The number of nitro groups is 1. The predicted octanol–water partition coefficient (Wildman–Crippen LogP) is 2.87. The molecule has 1 aliphatic rings. The summed E-state index contributed by atoms with van der Waals surface area (Å²) in [6, 6.07) is 14.2. The average Bonchev–Trinajstić information content (AvgIpc) is 2.88. The first-order valence-electron chi connectivity index (χ1n) is 6.88. The van der Waals surface area contributed by atoms with Crippen LogP contribution in [0.1, 0.15) is 5.56 Å². The molecule has 118 valence electrons. The quantitative estimate of drug-likeness (QED) is 0.655. The van der Waals surface area contributed by atoms with Crippen molar-refractivity contribution < 1.29 is 4.92 Å². The van der Waals surface area contributed by atoms with E-state index >= 15 is 0 Å². The molecule has 0 bridgehead atoms. The van der Waals surface area contributed by atoms with Gasteiger partial charge in [-0.2, -0.15) is 0 Å². The topological polar surface area (TPSA) is 88.0 Å². The van der Waals surface area contributed by atoms with E-state index in [1.54, 1.807) is 17.1 Å². The van der Waals surface area contributed by atoms with Gasteiger partial charge in [0.15, 0.2) is 0 Å². The minimum atomic E-state index is -0.426. The van der Waals surface area contributed by atoms with Crippen molar-refractivity contribution in [3.8, 4) is 0 Å². The highest BCUT2D eigenvalue weighted by atomic mass is 79.9. The van der Waals surface area contributed by atoms with Crippen molar-refractivity contribution in [2.24, 2.45) is 10.8 Å². The van der Waals surface area contributed by atoms with E-state index in [1.807, 2.05) is 29.2 Å². The van der Waals surface area contributed by atoms with Crippen LogP contribution in [0.2, 0.25) is 0 Å². The van der Waals surface area contributed by atoms with Crippen LogP contribution in [-0.4, -0.2) is 22.5 Å². The molecule has 1 heterocycles. The first-order valence-corrected chi connectivity index (χ1v) is 7.68. The van der Waals surface area contributed by atoms with Gasteiger partial charge in [-0.25, -0.2) is 5.01 Å². The SMILES string of the molecule is NC1=NN(c2ccc([N+](=O)[O-])cc2)CN1Cc1cccc(Br)c1. The van der Waals surface area contributed by atoms with Gasteiger partial charge in [-0.1, -0.05) is 28.1 Å². The Morgan fingerprint density at radius 1 is 1.26 bits per heavy atom. The Labute approximate surface area is 141 Å². The van der Waals surface area contributed by atoms with Crippen LogP contribution in [0.25, 0.3) is 0 Å². The van der Waals surface area contributed by atoms with Crippen LogP contribution in [0, 0.1) is 10.1 Å². The largest absolute Gasteiger partial charge is 0.368 e. The van der Waals surface area contributed by atoms with Gasteiger partial charge in [-0.15, -0.1) is 5.10 Å². The molecule has 1 aliphatic heterocycles. The van der Waals surface area contributed by atoms with E-state index in [1.165, 1.54) is 12.1 Å². The van der Waals surface area contributed by atoms with Gasteiger partial charge in [-0.3, -0.25) is 10.1 Å². The molecule has 0 atom stereocenters. The summed E-state index contributed by atoms with van der Waals surface area (Å²) in [7, 11) is 0. The van der Waals surface area contributed by atoms with Crippen molar-refractivity contribution >= 4 is 33.3 Å². The number of halogens is 1. The normalized spacial score (nSPS) is 14.0. The lowest BCUT2D eigenvalue weighted by Crippen LogP contribution is -2.34. The molecular weight excluding hydrogens is 362 g/mol. The van der Waals surface area contributed by atoms with E-state index in [9.17, 15) is 10.1 Å². The number of anilines is 1. The second kappa shape index (κ2) is 6.25. The number of nitrogens with zero attached hydrogens (tertiary/aromatic N) is 4. The third-order valence-corrected chi connectivity index (χ3v) is 3.97. The van der Waals surface area contributed by atoms with Crippen molar-refractivity contribution in [1.29, 1.82) is 0 Å². The van der Waals surface area contributed by atoms with Gasteiger partial charge in [-0.05, 0) is 29.8 Å². The van der Waals surface area contributed by atoms with E-state index in [4.69, 9.17) is 5.73 Å². The van der Waals surface area contributed by atoms with Crippen molar-refractivity contribution in [3.63, 3.8) is 0 Å². The number of hydrazone groups is 1. The maximum absolute atomic E-state index is 10.7. The summed E-state index contributed by atoms with van der Waals surface area (Å²) in [4.78, 5) is 12.2. The molecule has 0 saturated carbocycles. The molecule has 0 aliphatic carbocycles. The lowest BCUT2D eigenvalue weighted by molar-refractivity contribution is -0.384. The van der Waals surface area contributed by atoms with Gasteiger partial charge < -0.3 is 10.6 Å². The summed E-state index contributed by atoms with van der Waals surface area (Å²) in [5, 5.41) is 16.7. The highest BCUT2D eigenvalue weighted by molar-refractivity contribution is 9.10. The number of benzene rings is 2. The number of non-ortho nitro benzene ring substituents is 1. The summed E-state index contributed by atoms with van der Waals surface area (Å²) in [5.74, 6) is 0.420. The zero-order valence-corrected chi connectivity index (χ0v) is 13.7. The van der Waals surface area contributed by atoms with Crippen LogP contribution >= 0.6 is 15.9 Å². The van der Waals surface area contributed by atoms with Gasteiger partial charge in [0.25, 0.3) is 5.69 Å². The Bertz CT molecular complexity index is 763. The molecule has 0 spiro atoms. The van der Waals surface area contributed by atoms with Crippen molar-refractivity contribution in [3.05, 3.63) is 68.7 Å². The first kappa shape index (κ1) is 15.3. The molecular formula is C15H14BrN5O2. The van der Waals surface area contributed by atoms with Crippen LogP contribution in [0.15, 0.2) is 58.1 Å². The van der Waals surface area contributed by atoms with Gasteiger partial charge in [0.05, 0.1) is 10.6 Å². The number of nitro benzene ring substituents is 1. The molecule has 2 aromatic carbocycles. The van der Waals surface area contributed by atoms with Crippen LogP contribution < -0.4 is 10.7 Å². The standard InChI is InChI=1S/C15H14BrN5O2/c16-12-3-1-2-11(8-12)9-19-10-20(18-15(19)17)13-4-6-14(7-5-13)21(22)23/h1-8H,9-10H2,(H2,17,18). The van der Waals surface area contributed by atoms with Gasteiger partial charge in [0, 0.05) is 23.2 Å². The number of rotatable bonds is 4. The van der Waals surface area contributed by atoms with E-state index in [0.717, 1.165) is 15.7 Å². The van der Waals surface area contributed by atoms with Gasteiger partial charge in [0.2, 0.25) is 5.96 Å². The fourth-order valence-corrected chi connectivity index (χ4v) is 2.77. The van der Waals surface area contributed by atoms with Crippen LogP contribution in [0.3, 0.4) is 0 Å².